The molecule has 0 aliphatic rings. The number of aromatic nitrogens is 2. The van der Waals surface area contributed by atoms with Gasteiger partial charge in [0.15, 0.2) is 10.7 Å². The average Bonchev–Trinajstić information content (AvgIpc) is 3.70. The minimum Gasteiger partial charge on any atom is -0.287 e. The van der Waals surface area contributed by atoms with Gasteiger partial charge in [-0.15, -0.1) is 22.7 Å². The van der Waals surface area contributed by atoms with Crippen molar-refractivity contribution in [3.05, 3.63) is 123 Å². The SMILES string of the molecule is O=c1c(=NNc2nccs2)c(=O)c2ccccc12.O=c1c(=NNc2nccs2)c(=O)c2ccccc12. The Labute approximate surface area is 208 Å². The predicted molar refractivity (Wildman–Crippen MR) is 140 cm³/mol. The fourth-order valence-corrected chi connectivity index (χ4v) is 4.38. The number of hydrogen-bond donors (Lipinski definition) is 2. The molecule has 0 aliphatic carbocycles. The van der Waals surface area contributed by atoms with Crippen LogP contribution in [0, 0.1) is 0 Å². The zero-order valence-electron chi connectivity index (χ0n) is 18.2. The van der Waals surface area contributed by atoms with Gasteiger partial charge in [0.25, 0.3) is 0 Å². The van der Waals surface area contributed by atoms with Crippen LogP contribution in [0.25, 0.3) is 21.5 Å². The summed E-state index contributed by atoms with van der Waals surface area (Å²) >= 11 is 2.68. The van der Waals surface area contributed by atoms with Gasteiger partial charge in [-0.05, 0) is 0 Å². The van der Waals surface area contributed by atoms with E-state index in [0.29, 0.717) is 31.8 Å². The minimum absolute atomic E-state index is 0.0913. The number of fused-ring (bicyclic) bond motifs is 2. The Bertz CT molecular complexity index is 1740. The third-order valence-electron chi connectivity index (χ3n) is 5.08. The van der Waals surface area contributed by atoms with Gasteiger partial charge in [0.2, 0.25) is 32.0 Å². The van der Waals surface area contributed by atoms with Crippen molar-refractivity contribution in [2.75, 3.05) is 10.9 Å². The Balaban J connectivity index is 0.000000148. The summed E-state index contributed by atoms with van der Waals surface area (Å²) in [6.45, 7) is 0. The van der Waals surface area contributed by atoms with Gasteiger partial charge in [-0.3, -0.25) is 30.0 Å². The molecule has 0 atom stereocenters. The van der Waals surface area contributed by atoms with Gasteiger partial charge in [0.05, 0.1) is 0 Å². The van der Waals surface area contributed by atoms with Gasteiger partial charge < -0.3 is 0 Å². The van der Waals surface area contributed by atoms with Crippen LogP contribution in [0.2, 0.25) is 0 Å². The third-order valence-corrected chi connectivity index (χ3v) is 6.44. The number of benzene rings is 2. The van der Waals surface area contributed by atoms with E-state index in [4.69, 9.17) is 0 Å². The van der Waals surface area contributed by atoms with E-state index >= 15 is 0 Å². The fraction of sp³-hybridized carbons (Fsp3) is 0. The van der Waals surface area contributed by atoms with Crippen molar-refractivity contribution in [3.8, 4) is 0 Å². The van der Waals surface area contributed by atoms with Crippen LogP contribution in [0.5, 0.6) is 0 Å². The van der Waals surface area contributed by atoms with Crippen molar-refractivity contribution in [1.82, 2.24) is 9.97 Å². The first-order chi connectivity index (χ1) is 17.5. The predicted octanol–water partition coefficient (Wildman–Crippen LogP) is 1.64. The number of nitrogens with one attached hydrogen (secondary N) is 2. The van der Waals surface area contributed by atoms with Gasteiger partial charge >= 0.3 is 0 Å². The highest BCUT2D eigenvalue weighted by molar-refractivity contribution is 7.13. The van der Waals surface area contributed by atoms with E-state index in [1.807, 2.05) is 0 Å². The van der Waals surface area contributed by atoms with Crippen LogP contribution in [0.4, 0.5) is 10.3 Å². The van der Waals surface area contributed by atoms with Crippen molar-refractivity contribution < 1.29 is 0 Å². The topological polar surface area (TPSA) is 143 Å². The van der Waals surface area contributed by atoms with Gasteiger partial charge in [-0.25, -0.2) is 9.97 Å². The summed E-state index contributed by atoms with van der Waals surface area (Å²) in [5.74, 6) is 0. The van der Waals surface area contributed by atoms with Crippen LogP contribution in [-0.2, 0) is 0 Å². The molecule has 0 fully saturated rings. The highest BCUT2D eigenvalue weighted by Gasteiger charge is 2.10. The molecule has 2 heterocycles. The number of hydrogen-bond acceptors (Lipinski definition) is 12. The van der Waals surface area contributed by atoms with E-state index < -0.39 is 0 Å². The first kappa shape index (κ1) is 23.1. The lowest BCUT2D eigenvalue weighted by molar-refractivity contribution is 1.18. The first-order valence-corrected chi connectivity index (χ1v) is 12.1. The molecule has 0 saturated carbocycles. The molecule has 10 nitrogen and oxygen atoms in total. The zero-order valence-corrected chi connectivity index (χ0v) is 19.8. The van der Waals surface area contributed by atoms with Gasteiger partial charge in [-0.1, -0.05) is 48.5 Å². The second-order valence-corrected chi connectivity index (χ2v) is 9.02. The molecule has 0 radical (unpaired) electrons. The summed E-state index contributed by atoms with van der Waals surface area (Å²) in [6.07, 6.45) is 3.22. The lowest BCUT2D eigenvalue weighted by Gasteiger charge is -1.88. The highest BCUT2D eigenvalue weighted by atomic mass is 32.1. The molecule has 2 aromatic heterocycles. The lowest BCUT2D eigenvalue weighted by atomic mass is 10.2. The Morgan fingerprint density at radius 3 is 1.17 bits per heavy atom. The molecular weight excluding hydrogens is 500 g/mol. The summed E-state index contributed by atoms with van der Waals surface area (Å²) in [6, 6.07) is 13.4. The molecule has 12 heteroatoms. The number of nitrogens with zero attached hydrogens (tertiary/aromatic N) is 4. The normalized spacial score (nSPS) is 10.7. The van der Waals surface area contributed by atoms with Gasteiger partial charge in [0.1, 0.15) is 0 Å². The number of anilines is 2. The molecule has 0 amide bonds. The summed E-state index contributed by atoms with van der Waals surface area (Å²) in [7, 11) is 0. The van der Waals surface area contributed by atoms with Crippen molar-refractivity contribution >= 4 is 54.5 Å². The first-order valence-electron chi connectivity index (χ1n) is 10.4. The maximum Gasteiger partial charge on any atom is 0.217 e. The molecule has 4 aromatic carbocycles. The molecule has 176 valence electrons. The number of thiazole rings is 2. The van der Waals surface area contributed by atoms with Crippen LogP contribution < -0.4 is 43.3 Å². The van der Waals surface area contributed by atoms with Gasteiger partial charge in [0, 0.05) is 44.7 Å². The Morgan fingerprint density at radius 1 is 0.556 bits per heavy atom. The lowest BCUT2D eigenvalue weighted by Crippen LogP contribution is -2.32. The summed E-state index contributed by atoms with van der Waals surface area (Å²) in [4.78, 5) is 55.7. The molecular formula is C24H14N6O4S2. The maximum atomic E-state index is 12.0. The smallest absolute Gasteiger partial charge is 0.217 e. The second-order valence-electron chi connectivity index (χ2n) is 7.23. The Morgan fingerprint density at radius 2 is 0.889 bits per heavy atom. The molecule has 6 aromatic rings. The number of rotatable bonds is 4. The van der Waals surface area contributed by atoms with Crippen LogP contribution >= 0.6 is 22.7 Å². The molecule has 0 unspecified atom stereocenters. The molecule has 0 bridgehead atoms. The van der Waals surface area contributed by atoms with Crippen molar-refractivity contribution in [1.29, 1.82) is 0 Å². The monoisotopic (exact) mass is 514 g/mol. The average molecular weight is 515 g/mol. The van der Waals surface area contributed by atoms with Crippen LogP contribution in [0.3, 0.4) is 0 Å². The molecule has 6 rings (SSSR count). The third kappa shape index (κ3) is 4.37. The van der Waals surface area contributed by atoms with Gasteiger partial charge in [-0.2, -0.15) is 10.2 Å². The molecule has 2 N–H and O–H groups in total. The zero-order chi connectivity index (χ0) is 25.1. The van der Waals surface area contributed by atoms with E-state index in [-0.39, 0.29) is 32.4 Å². The summed E-state index contributed by atoms with van der Waals surface area (Å²) in [5.41, 5.74) is 3.84. The van der Waals surface area contributed by atoms with Crippen LogP contribution in [-0.4, -0.2) is 9.97 Å². The van der Waals surface area contributed by atoms with E-state index in [2.05, 4.69) is 31.0 Å². The van der Waals surface area contributed by atoms with E-state index in [0.717, 1.165) is 0 Å². The molecule has 0 aliphatic heterocycles. The van der Waals surface area contributed by atoms with Crippen LogP contribution in [0.15, 0.2) is 101 Å². The van der Waals surface area contributed by atoms with E-state index in [9.17, 15) is 19.2 Å². The van der Waals surface area contributed by atoms with E-state index in [1.165, 1.54) is 22.7 Å². The standard InChI is InChI=1S/2C12H7N3O2S/c2*16-10-7-3-1-2-4-8(7)11(17)9(10)14-15-12-13-5-6-18-12/h2*1-6H,(H,13,15). The minimum atomic E-state index is -0.348. The summed E-state index contributed by atoms with van der Waals surface area (Å²) in [5, 5.41) is 13.8. The van der Waals surface area contributed by atoms with Crippen molar-refractivity contribution in [2.45, 2.75) is 0 Å². The van der Waals surface area contributed by atoms with Crippen molar-refractivity contribution in [2.24, 2.45) is 10.2 Å². The largest absolute Gasteiger partial charge is 0.287 e. The molecule has 0 saturated heterocycles. The maximum absolute atomic E-state index is 12.0. The quantitative estimate of drug-likeness (QED) is 0.338. The Kier molecular flexibility index (Phi) is 6.34. The summed E-state index contributed by atoms with van der Waals surface area (Å²) < 4.78 is 0. The highest BCUT2D eigenvalue weighted by Crippen LogP contribution is 2.10. The second kappa shape index (κ2) is 9.90. The van der Waals surface area contributed by atoms with Crippen molar-refractivity contribution in [3.63, 3.8) is 0 Å². The van der Waals surface area contributed by atoms with Crippen LogP contribution in [0.1, 0.15) is 0 Å². The molecule has 36 heavy (non-hydrogen) atoms. The fourth-order valence-electron chi connectivity index (χ4n) is 3.44. The Hall–Kier alpha value is -4.68. The molecule has 0 spiro atoms. The van der Waals surface area contributed by atoms with E-state index in [1.54, 1.807) is 71.7 Å².